The van der Waals surface area contributed by atoms with Crippen LogP contribution in [0.25, 0.3) is 6.08 Å². The van der Waals surface area contributed by atoms with Crippen molar-refractivity contribution in [3.8, 4) is 11.5 Å². The first-order valence-corrected chi connectivity index (χ1v) is 11.3. The number of hydrogen-bond acceptors (Lipinski definition) is 4. The van der Waals surface area contributed by atoms with E-state index in [4.69, 9.17) is 44.3 Å². The number of fused-ring (bicyclic) bond motifs is 3. The van der Waals surface area contributed by atoms with Gasteiger partial charge < -0.3 is 9.47 Å². The molecule has 0 N–H and O–H groups in total. The zero-order valence-corrected chi connectivity index (χ0v) is 19.2. The van der Waals surface area contributed by atoms with E-state index >= 15 is 0 Å². The number of ether oxygens (including phenoxy) is 2. The number of carbonyl (C=O) groups excluding carboxylic acids is 1. The minimum atomic E-state index is -0.159. The molecule has 32 heavy (non-hydrogen) atoms. The average Bonchev–Trinajstić information content (AvgIpc) is 3.10. The van der Waals surface area contributed by atoms with Crippen LogP contribution < -0.4 is 9.47 Å². The summed E-state index contributed by atoms with van der Waals surface area (Å²) in [5, 5.41) is 1.83. The third kappa shape index (κ3) is 4.12. The van der Waals surface area contributed by atoms with Gasteiger partial charge in [-0.3, -0.25) is 9.69 Å². The van der Waals surface area contributed by atoms with Crippen LogP contribution in [0, 0.1) is 0 Å². The minimum absolute atomic E-state index is 0.159. The summed E-state index contributed by atoms with van der Waals surface area (Å²) >= 11 is 18.5. The molecule has 0 amide bonds. The fourth-order valence-electron chi connectivity index (χ4n) is 3.88. The van der Waals surface area contributed by atoms with Gasteiger partial charge in [0.1, 0.15) is 18.2 Å². The van der Waals surface area contributed by atoms with Gasteiger partial charge in [-0.15, -0.1) is 0 Å². The van der Waals surface area contributed by atoms with Crippen LogP contribution in [-0.4, -0.2) is 24.0 Å². The van der Waals surface area contributed by atoms with E-state index in [0.29, 0.717) is 39.7 Å². The second kappa shape index (κ2) is 8.80. The van der Waals surface area contributed by atoms with E-state index in [1.807, 2.05) is 36.4 Å². The number of allylic oxidation sites excluding steroid dienone is 1. The lowest BCUT2D eigenvalue weighted by atomic mass is 10.0. The Bertz CT molecular complexity index is 1260. The number of Topliss-reactive ketones (excluding diaryl/α,β-unsaturated/α-hetero) is 1. The lowest BCUT2D eigenvalue weighted by Gasteiger charge is -2.29. The fourth-order valence-corrected chi connectivity index (χ4v) is 4.58. The number of halogens is 3. The molecule has 0 aliphatic carbocycles. The van der Waals surface area contributed by atoms with Gasteiger partial charge in [0.05, 0.1) is 11.1 Å². The van der Waals surface area contributed by atoms with Crippen LogP contribution in [-0.2, 0) is 13.0 Å². The highest BCUT2D eigenvalue weighted by atomic mass is 35.5. The second-order valence-corrected chi connectivity index (χ2v) is 8.94. The van der Waals surface area contributed by atoms with E-state index in [9.17, 15) is 4.79 Å². The summed E-state index contributed by atoms with van der Waals surface area (Å²) in [4.78, 5) is 15.1. The number of rotatable bonds is 4. The number of hydrogen-bond donors (Lipinski definition) is 0. The quantitative estimate of drug-likeness (QED) is 0.387. The maximum atomic E-state index is 12.9. The zero-order valence-electron chi connectivity index (χ0n) is 16.9. The highest BCUT2D eigenvalue weighted by Crippen LogP contribution is 2.42. The van der Waals surface area contributed by atoms with Gasteiger partial charge in [0.25, 0.3) is 0 Å². The van der Waals surface area contributed by atoms with Gasteiger partial charge in [0, 0.05) is 28.2 Å². The monoisotopic (exact) mass is 485 g/mol. The van der Waals surface area contributed by atoms with Gasteiger partial charge in [-0.25, -0.2) is 0 Å². The summed E-state index contributed by atoms with van der Waals surface area (Å²) < 4.78 is 12.0. The second-order valence-electron chi connectivity index (χ2n) is 7.69. The van der Waals surface area contributed by atoms with Gasteiger partial charge in [-0.2, -0.15) is 0 Å². The third-order valence-corrected chi connectivity index (χ3v) is 6.52. The van der Waals surface area contributed by atoms with Crippen molar-refractivity contribution in [3.05, 3.63) is 97.7 Å². The molecule has 0 saturated carbocycles. The Kier molecular flexibility index (Phi) is 5.87. The van der Waals surface area contributed by atoms with E-state index < -0.39 is 0 Å². The molecule has 0 radical (unpaired) electrons. The summed E-state index contributed by atoms with van der Waals surface area (Å²) in [5.41, 5.74) is 3.16. The summed E-state index contributed by atoms with van der Waals surface area (Å²) in [6.07, 6.45) is 2.43. The van der Waals surface area contributed by atoms with Gasteiger partial charge in [-0.05, 0) is 54.0 Å². The van der Waals surface area contributed by atoms with Crippen molar-refractivity contribution < 1.29 is 14.3 Å². The average molecular weight is 487 g/mol. The molecule has 4 nitrogen and oxygen atoms in total. The molecule has 2 heterocycles. The molecule has 0 saturated heterocycles. The van der Waals surface area contributed by atoms with Crippen molar-refractivity contribution in [2.75, 3.05) is 13.3 Å². The van der Waals surface area contributed by atoms with Crippen molar-refractivity contribution >= 4 is 46.7 Å². The first kappa shape index (κ1) is 21.4. The molecule has 0 bridgehead atoms. The summed E-state index contributed by atoms with van der Waals surface area (Å²) in [6, 6.07) is 16.5. The SMILES string of the molecule is O=C1/C(=C/c2ccccc2Cl)Oc2c1ccc1c2CN(CCc2ccc(Cl)cc2Cl)CO1. The highest BCUT2D eigenvalue weighted by molar-refractivity contribution is 6.35. The Balaban J connectivity index is 1.37. The number of benzene rings is 3. The summed E-state index contributed by atoms with van der Waals surface area (Å²) in [7, 11) is 0. The smallest absolute Gasteiger partial charge is 0.231 e. The van der Waals surface area contributed by atoms with E-state index in [0.717, 1.165) is 35.4 Å². The Morgan fingerprint density at radius 1 is 1.00 bits per heavy atom. The molecule has 162 valence electrons. The first-order chi connectivity index (χ1) is 15.5. The van der Waals surface area contributed by atoms with E-state index in [1.54, 1.807) is 24.3 Å². The Labute approximate surface area is 200 Å². The van der Waals surface area contributed by atoms with Crippen LogP contribution >= 0.6 is 34.8 Å². The van der Waals surface area contributed by atoms with Gasteiger partial charge in [0.2, 0.25) is 5.78 Å². The number of nitrogens with zero attached hydrogens (tertiary/aromatic N) is 1. The fraction of sp³-hybridized carbons (Fsp3) is 0.160. The first-order valence-electron chi connectivity index (χ1n) is 10.1. The molecule has 0 spiro atoms. The lowest BCUT2D eigenvalue weighted by Crippen LogP contribution is -2.33. The molecule has 0 unspecified atom stereocenters. The highest BCUT2D eigenvalue weighted by Gasteiger charge is 2.33. The minimum Gasteiger partial charge on any atom is -0.478 e. The summed E-state index contributed by atoms with van der Waals surface area (Å²) in [5.74, 6) is 1.38. The van der Waals surface area contributed by atoms with Crippen molar-refractivity contribution in [3.63, 3.8) is 0 Å². The largest absolute Gasteiger partial charge is 0.478 e. The van der Waals surface area contributed by atoms with E-state index in [2.05, 4.69) is 4.90 Å². The molecular weight excluding hydrogens is 469 g/mol. The molecule has 7 heteroatoms. The van der Waals surface area contributed by atoms with Crippen molar-refractivity contribution in [2.24, 2.45) is 0 Å². The molecule has 0 atom stereocenters. The Hall–Kier alpha value is -2.50. The molecule has 3 aromatic rings. The van der Waals surface area contributed by atoms with Crippen LogP contribution in [0.5, 0.6) is 11.5 Å². The van der Waals surface area contributed by atoms with Crippen molar-refractivity contribution in [1.82, 2.24) is 4.90 Å². The number of carbonyl (C=O) groups is 1. The van der Waals surface area contributed by atoms with Crippen LogP contribution in [0.3, 0.4) is 0 Å². The maximum absolute atomic E-state index is 12.9. The van der Waals surface area contributed by atoms with E-state index in [1.165, 1.54) is 0 Å². The lowest BCUT2D eigenvalue weighted by molar-refractivity contribution is 0.0950. The van der Waals surface area contributed by atoms with Gasteiger partial charge >= 0.3 is 0 Å². The molecule has 5 rings (SSSR count). The molecular formula is C25H18Cl3NO3. The molecule has 2 aliphatic heterocycles. The summed E-state index contributed by atoms with van der Waals surface area (Å²) in [6.45, 7) is 1.80. The number of ketones is 1. The van der Waals surface area contributed by atoms with Gasteiger partial charge in [-0.1, -0.05) is 59.1 Å². The van der Waals surface area contributed by atoms with Gasteiger partial charge in [0.15, 0.2) is 5.76 Å². The predicted octanol–water partition coefficient (Wildman–Crippen LogP) is 6.66. The standard InChI is InChI=1S/C25H18Cl3NO3/c26-17-6-5-15(21(28)12-17)9-10-29-13-19-22(31-14-29)8-7-18-24(30)23(32-25(18)19)11-16-3-1-2-4-20(16)27/h1-8,11-12H,9-10,13-14H2/b23-11-. The van der Waals surface area contributed by atoms with Crippen LogP contribution in [0.2, 0.25) is 15.1 Å². The molecule has 0 aromatic heterocycles. The predicted molar refractivity (Wildman–Crippen MR) is 127 cm³/mol. The third-order valence-electron chi connectivity index (χ3n) is 5.59. The Morgan fingerprint density at radius 2 is 1.84 bits per heavy atom. The zero-order chi connectivity index (χ0) is 22.2. The Morgan fingerprint density at radius 3 is 2.66 bits per heavy atom. The maximum Gasteiger partial charge on any atom is 0.231 e. The molecule has 0 fully saturated rings. The van der Waals surface area contributed by atoms with Crippen molar-refractivity contribution in [1.29, 1.82) is 0 Å². The van der Waals surface area contributed by atoms with E-state index in [-0.39, 0.29) is 11.5 Å². The molecule has 3 aromatic carbocycles. The topological polar surface area (TPSA) is 38.8 Å². The van der Waals surface area contributed by atoms with Crippen molar-refractivity contribution in [2.45, 2.75) is 13.0 Å². The molecule has 2 aliphatic rings. The van der Waals surface area contributed by atoms with Crippen LogP contribution in [0.4, 0.5) is 0 Å². The van der Waals surface area contributed by atoms with Crippen LogP contribution in [0.15, 0.2) is 60.4 Å². The van der Waals surface area contributed by atoms with Crippen LogP contribution in [0.1, 0.15) is 27.0 Å². The normalized spacial score (nSPS) is 16.5.